The number of Topliss-reactive ketones (excluding diaryl/α,β-unsaturated/α-hetero) is 1. The Morgan fingerprint density at radius 1 is 1.05 bits per heavy atom. The first-order valence-corrected chi connectivity index (χ1v) is 12.6. The van der Waals surface area contributed by atoms with E-state index in [9.17, 15) is 14.7 Å². The summed E-state index contributed by atoms with van der Waals surface area (Å²) < 4.78 is 21.8. The van der Waals surface area contributed by atoms with E-state index in [2.05, 4.69) is 11.5 Å². The number of hydrogen-bond donors (Lipinski definition) is 1. The van der Waals surface area contributed by atoms with Crippen molar-refractivity contribution in [1.29, 1.82) is 0 Å². The normalized spacial score (nSPS) is 19.4. The Morgan fingerprint density at radius 2 is 1.76 bits per heavy atom. The van der Waals surface area contributed by atoms with E-state index >= 15 is 0 Å². The van der Waals surface area contributed by atoms with Gasteiger partial charge in [0.2, 0.25) is 0 Å². The summed E-state index contributed by atoms with van der Waals surface area (Å²) in [6, 6.07) is 11.2. The van der Waals surface area contributed by atoms with Crippen molar-refractivity contribution in [2.75, 3.05) is 60.2 Å². The first-order valence-electron chi connectivity index (χ1n) is 12.6. The van der Waals surface area contributed by atoms with Crippen LogP contribution in [0, 0.1) is 0 Å². The van der Waals surface area contributed by atoms with Gasteiger partial charge in [-0.1, -0.05) is 18.7 Å². The molecule has 1 atom stereocenters. The molecule has 0 aromatic heterocycles. The van der Waals surface area contributed by atoms with Gasteiger partial charge in [-0.15, -0.1) is 0 Å². The molecule has 9 heteroatoms. The second kappa shape index (κ2) is 12.6. The topological polar surface area (TPSA) is 97.8 Å². The van der Waals surface area contributed by atoms with Crippen LogP contribution in [-0.2, 0) is 14.3 Å². The quantitative estimate of drug-likeness (QED) is 0.208. The number of ether oxygens (including phenoxy) is 4. The average Bonchev–Trinajstić information content (AvgIpc) is 3.21. The minimum absolute atomic E-state index is 0.0355. The smallest absolute Gasteiger partial charge is 0.295 e. The van der Waals surface area contributed by atoms with Crippen LogP contribution >= 0.6 is 0 Å². The zero-order chi connectivity index (χ0) is 27.1. The second-order valence-electron chi connectivity index (χ2n) is 9.04. The standard InChI is InChI=1S/C29H34N2O7/c1-4-16-38-22-9-6-20(7-10-22)27(32)25-26(21-8-11-23(35-2)24(19-21)36-3)31(29(34)28(25)33)13-5-12-30-14-17-37-18-15-30/h4,6-11,19,26,32H,1,5,12-18H2,2-3H3/b27-25+/t26-/m0/s1. The molecule has 0 unspecified atom stereocenters. The molecule has 4 rings (SSSR count). The van der Waals surface area contributed by atoms with E-state index in [1.54, 1.807) is 48.5 Å². The van der Waals surface area contributed by atoms with Gasteiger partial charge < -0.3 is 29.0 Å². The monoisotopic (exact) mass is 522 g/mol. The number of amides is 1. The maximum Gasteiger partial charge on any atom is 0.295 e. The molecule has 2 aliphatic heterocycles. The van der Waals surface area contributed by atoms with Crippen molar-refractivity contribution < 1.29 is 33.6 Å². The fraction of sp³-hybridized carbons (Fsp3) is 0.379. The van der Waals surface area contributed by atoms with Crippen molar-refractivity contribution >= 4 is 17.4 Å². The number of hydrogen-bond acceptors (Lipinski definition) is 8. The van der Waals surface area contributed by atoms with Gasteiger partial charge in [0.25, 0.3) is 11.7 Å². The van der Waals surface area contributed by atoms with Crippen molar-refractivity contribution in [3.63, 3.8) is 0 Å². The molecule has 9 nitrogen and oxygen atoms in total. The number of likely N-dealkylation sites (tertiary alicyclic amines) is 1. The molecule has 0 saturated carbocycles. The van der Waals surface area contributed by atoms with Gasteiger partial charge in [-0.25, -0.2) is 0 Å². The lowest BCUT2D eigenvalue weighted by Gasteiger charge is -2.29. The summed E-state index contributed by atoms with van der Waals surface area (Å²) >= 11 is 0. The SMILES string of the molecule is C=CCOc1ccc(/C(O)=C2\C(=O)C(=O)N(CCCN3CCOCC3)[C@H]2c2ccc(OC)c(OC)c2)cc1. The van der Waals surface area contributed by atoms with Crippen LogP contribution in [0.15, 0.2) is 60.7 Å². The van der Waals surface area contributed by atoms with E-state index in [1.165, 1.54) is 19.1 Å². The number of nitrogens with zero attached hydrogens (tertiary/aromatic N) is 2. The largest absolute Gasteiger partial charge is 0.507 e. The molecule has 2 aliphatic rings. The first kappa shape index (κ1) is 27.2. The van der Waals surface area contributed by atoms with E-state index in [1.807, 2.05) is 0 Å². The predicted molar refractivity (Wildman–Crippen MR) is 143 cm³/mol. The van der Waals surface area contributed by atoms with Crippen molar-refractivity contribution in [2.24, 2.45) is 0 Å². The molecule has 0 spiro atoms. The number of rotatable bonds is 11. The Hall–Kier alpha value is -3.82. The third kappa shape index (κ3) is 5.84. The molecule has 2 aromatic carbocycles. The Balaban J connectivity index is 1.69. The van der Waals surface area contributed by atoms with E-state index in [0.29, 0.717) is 61.2 Å². The Kier molecular flexibility index (Phi) is 9.04. The molecule has 2 fully saturated rings. The maximum atomic E-state index is 13.3. The lowest BCUT2D eigenvalue weighted by Crippen LogP contribution is -2.38. The van der Waals surface area contributed by atoms with E-state index in [-0.39, 0.29) is 11.3 Å². The molecule has 1 amide bonds. The zero-order valence-electron chi connectivity index (χ0n) is 21.9. The number of carbonyl (C=O) groups excluding carboxylic acids is 2. The number of aliphatic hydroxyl groups excluding tert-OH is 1. The highest BCUT2D eigenvalue weighted by Gasteiger charge is 2.46. The van der Waals surface area contributed by atoms with Crippen molar-refractivity contribution in [1.82, 2.24) is 9.80 Å². The summed E-state index contributed by atoms with van der Waals surface area (Å²) in [7, 11) is 3.06. The number of aliphatic hydroxyl groups is 1. The molecule has 2 aromatic rings. The summed E-state index contributed by atoms with van der Waals surface area (Å²) in [6.07, 6.45) is 2.31. The molecule has 2 saturated heterocycles. The van der Waals surface area contributed by atoms with Crippen LogP contribution in [0.4, 0.5) is 0 Å². The van der Waals surface area contributed by atoms with Gasteiger partial charge in [-0.05, 0) is 48.4 Å². The zero-order valence-corrected chi connectivity index (χ0v) is 21.9. The van der Waals surface area contributed by atoms with E-state index in [4.69, 9.17) is 18.9 Å². The van der Waals surface area contributed by atoms with E-state index in [0.717, 1.165) is 19.6 Å². The third-order valence-electron chi connectivity index (χ3n) is 6.74. The van der Waals surface area contributed by atoms with Crippen LogP contribution in [0.2, 0.25) is 0 Å². The average molecular weight is 523 g/mol. The van der Waals surface area contributed by atoms with E-state index < -0.39 is 17.7 Å². The number of methoxy groups -OCH3 is 2. The molecule has 0 aliphatic carbocycles. The molecule has 0 bridgehead atoms. The van der Waals surface area contributed by atoms with Crippen molar-refractivity contribution in [3.8, 4) is 17.2 Å². The number of carbonyl (C=O) groups is 2. The maximum absolute atomic E-state index is 13.3. The van der Waals surface area contributed by atoms with Crippen molar-refractivity contribution in [3.05, 3.63) is 71.8 Å². The highest BCUT2D eigenvalue weighted by molar-refractivity contribution is 6.46. The first-order chi connectivity index (χ1) is 18.5. The lowest BCUT2D eigenvalue weighted by molar-refractivity contribution is -0.140. The van der Waals surface area contributed by atoms with Gasteiger partial charge in [0, 0.05) is 31.7 Å². The summed E-state index contributed by atoms with van der Waals surface area (Å²) in [5, 5.41) is 11.3. The molecular weight excluding hydrogens is 488 g/mol. The number of ketones is 1. The fourth-order valence-electron chi connectivity index (χ4n) is 4.79. The van der Waals surface area contributed by atoms with Crippen LogP contribution in [0.5, 0.6) is 17.2 Å². The highest BCUT2D eigenvalue weighted by Crippen LogP contribution is 2.42. The molecule has 202 valence electrons. The Morgan fingerprint density at radius 3 is 2.42 bits per heavy atom. The van der Waals surface area contributed by atoms with Gasteiger partial charge in [0.15, 0.2) is 11.5 Å². The molecule has 0 radical (unpaired) electrons. The third-order valence-corrected chi connectivity index (χ3v) is 6.74. The molecule has 2 heterocycles. The van der Waals surface area contributed by atoms with Gasteiger partial charge in [0.1, 0.15) is 18.1 Å². The minimum atomic E-state index is -0.781. The Labute approximate surface area is 222 Å². The van der Waals surface area contributed by atoms with Gasteiger partial charge in [0.05, 0.1) is 39.0 Å². The summed E-state index contributed by atoms with van der Waals surface area (Å²) in [6.45, 7) is 8.16. The molecular formula is C29H34N2O7. The summed E-state index contributed by atoms with van der Waals surface area (Å²) in [4.78, 5) is 30.4. The fourth-order valence-corrected chi connectivity index (χ4v) is 4.79. The number of benzene rings is 2. The summed E-state index contributed by atoms with van der Waals surface area (Å²) in [5.74, 6) is -0.0151. The molecule has 1 N–H and O–H groups in total. The van der Waals surface area contributed by atoms with Crippen molar-refractivity contribution in [2.45, 2.75) is 12.5 Å². The van der Waals surface area contributed by atoms with Crippen LogP contribution < -0.4 is 14.2 Å². The van der Waals surface area contributed by atoms with Gasteiger partial charge in [-0.3, -0.25) is 14.5 Å². The van der Waals surface area contributed by atoms with Gasteiger partial charge >= 0.3 is 0 Å². The van der Waals surface area contributed by atoms with Crippen LogP contribution in [0.1, 0.15) is 23.6 Å². The molecule has 38 heavy (non-hydrogen) atoms. The van der Waals surface area contributed by atoms with Crippen LogP contribution in [-0.4, -0.2) is 86.8 Å². The predicted octanol–water partition coefficient (Wildman–Crippen LogP) is 3.41. The van der Waals surface area contributed by atoms with Crippen LogP contribution in [0.3, 0.4) is 0 Å². The van der Waals surface area contributed by atoms with Crippen LogP contribution in [0.25, 0.3) is 5.76 Å². The second-order valence-corrected chi connectivity index (χ2v) is 9.04. The minimum Gasteiger partial charge on any atom is -0.507 e. The van der Waals surface area contributed by atoms with Gasteiger partial charge in [-0.2, -0.15) is 0 Å². The number of morpholine rings is 1. The summed E-state index contributed by atoms with van der Waals surface area (Å²) in [5.41, 5.74) is 1.09. The Bertz CT molecular complexity index is 1190. The lowest BCUT2D eigenvalue weighted by atomic mass is 9.95. The highest BCUT2D eigenvalue weighted by atomic mass is 16.5.